The fourth-order valence-electron chi connectivity index (χ4n) is 3.07. The molecule has 160 valence electrons. The van der Waals surface area contributed by atoms with E-state index in [-0.39, 0.29) is 23.4 Å². The Balaban J connectivity index is 1.43. The minimum absolute atomic E-state index is 0.0354. The van der Waals surface area contributed by atoms with E-state index < -0.39 is 4.92 Å². The smallest absolute Gasteiger partial charge is 0.268 e. The SMILES string of the molecule is Cc1ccc(Sc2ccc(/C=C3\SC(=O)N(Cc4ccc([N+](=O)[O-])cc4)C3=O)cc2)cc1. The predicted molar refractivity (Wildman–Crippen MR) is 126 cm³/mol. The molecule has 0 saturated carbocycles. The first kappa shape index (κ1) is 21.9. The van der Waals surface area contributed by atoms with Crippen LogP contribution in [0.1, 0.15) is 16.7 Å². The molecule has 32 heavy (non-hydrogen) atoms. The van der Waals surface area contributed by atoms with Crippen LogP contribution in [-0.4, -0.2) is 21.0 Å². The number of nitro groups is 1. The first-order valence-electron chi connectivity index (χ1n) is 9.72. The third kappa shape index (κ3) is 5.09. The molecule has 1 aliphatic heterocycles. The van der Waals surface area contributed by atoms with E-state index in [2.05, 4.69) is 31.2 Å². The summed E-state index contributed by atoms with van der Waals surface area (Å²) in [5.41, 5.74) is 2.66. The standard InChI is InChI=1S/C24H18N2O4S2/c1-16-2-10-20(11-3-16)31-21-12-6-17(7-13-21)14-22-23(27)25(24(28)32-22)15-18-4-8-19(9-5-18)26(29)30/h2-14H,15H2,1H3/b22-14-. The minimum Gasteiger partial charge on any atom is -0.268 e. The summed E-state index contributed by atoms with van der Waals surface area (Å²) in [7, 11) is 0. The van der Waals surface area contributed by atoms with Crippen molar-refractivity contribution in [2.45, 2.75) is 23.3 Å². The molecule has 1 fully saturated rings. The molecule has 1 saturated heterocycles. The van der Waals surface area contributed by atoms with Gasteiger partial charge >= 0.3 is 0 Å². The van der Waals surface area contributed by atoms with E-state index in [1.807, 2.05) is 24.3 Å². The average molecular weight is 463 g/mol. The number of aryl methyl sites for hydroxylation is 1. The monoisotopic (exact) mass is 462 g/mol. The number of non-ortho nitro benzene ring substituents is 1. The largest absolute Gasteiger partial charge is 0.293 e. The van der Waals surface area contributed by atoms with Crippen molar-refractivity contribution in [2.24, 2.45) is 0 Å². The summed E-state index contributed by atoms with van der Waals surface area (Å²) in [5, 5.41) is 10.4. The maximum absolute atomic E-state index is 12.7. The molecule has 8 heteroatoms. The Hall–Kier alpha value is -3.36. The van der Waals surface area contributed by atoms with Crippen molar-refractivity contribution in [3.8, 4) is 0 Å². The van der Waals surface area contributed by atoms with Crippen molar-refractivity contribution in [1.29, 1.82) is 0 Å². The van der Waals surface area contributed by atoms with Gasteiger partial charge in [-0.25, -0.2) is 0 Å². The number of carbonyl (C=O) groups is 2. The van der Waals surface area contributed by atoms with Gasteiger partial charge in [-0.3, -0.25) is 24.6 Å². The second-order valence-electron chi connectivity index (χ2n) is 7.18. The number of imide groups is 1. The summed E-state index contributed by atoms with van der Waals surface area (Å²) >= 11 is 2.55. The number of hydrogen-bond acceptors (Lipinski definition) is 6. The van der Waals surface area contributed by atoms with Crippen molar-refractivity contribution < 1.29 is 14.5 Å². The molecule has 4 rings (SSSR count). The number of nitrogens with zero attached hydrogens (tertiary/aromatic N) is 2. The van der Waals surface area contributed by atoms with Gasteiger partial charge in [0.25, 0.3) is 16.8 Å². The first-order chi connectivity index (χ1) is 15.4. The van der Waals surface area contributed by atoms with Crippen LogP contribution in [0.2, 0.25) is 0 Å². The molecular weight excluding hydrogens is 444 g/mol. The van der Waals surface area contributed by atoms with E-state index in [4.69, 9.17) is 0 Å². The second kappa shape index (κ2) is 9.42. The van der Waals surface area contributed by atoms with Crippen molar-refractivity contribution in [1.82, 2.24) is 4.90 Å². The summed E-state index contributed by atoms with van der Waals surface area (Å²) < 4.78 is 0. The molecule has 0 N–H and O–H groups in total. The maximum atomic E-state index is 12.7. The van der Waals surface area contributed by atoms with Crippen LogP contribution in [0.25, 0.3) is 6.08 Å². The van der Waals surface area contributed by atoms with Gasteiger partial charge in [-0.2, -0.15) is 0 Å². The molecule has 2 amide bonds. The highest BCUT2D eigenvalue weighted by atomic mass is 32.2. The Morgan fingerprint density at radius 2 is 1.53 bits per heavy atom. The number of hydrogen-bond donors (Lipinski definition) is 0. The van der Waals surface area contributed by atoms with Crippen molar-refractivity contribution >= 4 is 46.4 Å². The van der Waals surface area contributed by atoms with Gasteiger partial charge in [0, 0.05) is 21.9 Å². The Kier molecular flexibility index (Phi) is 6.43. The topological polar surface area (TPSA) is 80.5 Å². The molecule has 0 unspecified atom stereocenters. The van der Waals surface area contributed by atoms with Crippen LogP contribution in [-0.2, 0) is 11.3 Å². The quantitative estimate of drug-likeness (QED) is 0.243. The Morgan fingerprint density at radius 3 is 2.12 bits per heavy atom. The van der Waals surface area contributed by atoms with E-state index in [0.29, 0.717) is 10.5 Å². The summed E-state index contributed by atoms with van der Waals surface area (Å²) in [6.07, 6.45) is 1.71. The van der Waals surface area contributed by atoms with E-state index >= 15 is 0 Å². The Labute approximate surface area is 193 Å². The van der Waals surface area contributed by atoms with Gasteiger partial charge in [0.1, 0.15) is 0 Å². The van der Waals surface area contributed by atoms with Crippen LogP contribution in [0.4, 0.5) is 10.5 Å². The lowest BCUT2D eigenvalue weighted by Gasteiger charge is -2.12. The van der Waals surface area contributed by atoms with E-state index in [0.717, 1.165) is 32.0 Å². The van der Waals surface area contributed by atoms with Crippen LogP contribution in [0.3, 0.4) is 0 Å². The fraction of sp³-hybridized carbons (Fsp3) is 0.0833. The van der Waals surface area contributed by atoms with Crippen molar-refractivity contribution in [3.63, 3.8) is 0 Å². The summed E-state index contributed by atoms with van der Waals surface area (Å²) in [6, 6.07) is 21.9. The van der Waals surface area contributed by atoms with E-state index in [9.17, 15) is 19.7 Å². The third-order valence-electron chi connectivity index (χ3n) is 4.80. The predicted octanol–water partition coefficient (Wildman–Crippen LogP) is 6.29. The summed E-state index contributed by atoms with van der Waals surface area (Å²) in [4.78, 5) is 39.1. The molecule has 0 atom stereocenters. The zero-order valence-corrected chi connectivity index (χ0v) is 18.7. The van der Waals surface area contributed by atoms with Crippen LogP contribution in [0.15, 0.2) is 87.5 Å². The van der Waals surface area contributed by atoms with Crippen LogP contribution in [0, 0.1) is 17.0 Å². The van der Waals surface area contributed by atoms with Gasteiger partial charge in [-0.1, -0.05) is 53.7 Å². The Morgan fingerprint density at radius 1 is 0.938 bits per heavy atom. The van der Waals surface area contributed by atoms with Gasteiger partial charge in [-0.05, 0) is 60.2 Å². The molecule has 0 aliphatic carbocycles. The number of thioether (sulfide) groups is 1. The first-order valence-corrected chi connectivity index (χ1v) is 11.4. The molecule has 0 aromatic heterocycles. The highest BCUT2D eigenvalue weighted by molar-refractivity contribution is 8.18. The van der Waals surface area contributed by atoms with Crippen LogP contribution in [0.5, 0.6) is 0 Å². The van der Waals surface area contributed by atoms with Gasteiger partial charge in [0.2, 0.25) is 0 Å². The number of amides is 2. The molecule has 6 nitrogen and oxygen atoms in total. The van der Waals surface area contributed by atoms with Gasteiger partial charge in [-0.15, -0.1) is 0 Å². The van der Waals surface area contributed by atoms with Crippen LogP contribution < -0.4 is 0 Å². The molecule has 1 aliphatic rings. The van der Waals surface area contributed by atoms with Crippen molar-refractivity contribution in [3.05, 3.63) is 105 Å². The minimum atomic E-state index is -0.489. The fourth-order valence-corrected chi connectivity index (χ4v) is 4.72. The lowest BCUT2D eigenvalue weighted by Crippen LogP contribution is -2.27. The molecule has 0 radical (unpaired) electrons. The van der Waals surface area contributed by atoms with Gasteiger partial charge in [0.15, 0.2) is 0 Å². The second-order valence-corrected chi connectivity index (χ2v) is 9.32. The summed E-state index contributed by atoms with van der Waals surface area (Å²) in [6.45, 7) is 2.13. The zero-order valence-electron chi connectivity index (χ0n) is 17.1. The maximum Gasteiger partial charge on any atom is 0.293 e. The molecule has 1 heterocycles. The number of rotatable bonds is 6. The highest BCUT2D eigenvalue weighted by Gasteiger charge is 2.35. The zero-order chi connectivity index (χ0) is 22.7. The lowest BCUT2D eigenvalue weighted by atomic mass is 10.2. The van der Waals surface area contributed by atoms with Crippen molar-refractivity contribution in [2.75, 3.05) is 0 Å². The molecular formula is C24H18N2O4S2. The number of benzene rings is 3. The van der Waals surface area contributed by atoms with Gasteiger partial charge < -0.3 is 0 Å². The lowest BCUT2D eigenvalue weighted by molar-refractivity contribution is -0.384. The Bertz CT molecular complexity index is 1200. The number of carbonyl (C=O) groups excluding carboxylic acids is 2. The highest BCUT2D eigenvalue weighted by Crippen LogP contribution is 2.34. The number of nitro benzene ring substituents is 1. The molecule has 3 aromatic carbocycles. The third-order valence-corrected chi connectivity index (χ3v) is 6.72. The average Bonchev–Trinajstić information content (AvgIpc) is 3.04. The molecule has 0 bridgehead atoms. The van der Waals surface area contributed by atoms with E-state index in [1.54, 1.807) is 30.0 Å². The summed E-state index contributed by atoms with van der Waals surface area (Å²) in [5.74, 6) is -0.364. The molecule has 3 aromatic rings. The van der Waals surface area contributed by atoms with E-state index in [1.165, 1.54) is 17.7 Å². The van der Waals surface area contributed by atoms with Crippen LogP contribution >= 0.6 is 23.5 Å². The normalized spacial score (nSPS) is 14.9. The molecule has 0 spiro atoms. The van der Waals surface area contributed by atoms with Gasteiger partial charge in [0.05, 0.1) is 16.4 Å².